The number of hydrogen-bond acceptors (Lipinski definition) is 0. The van der Waals surface area contributed by atoms with Crippen LogP contribution in [0.25, 0.3) is 0 Å². The smallest absolute Gasteiger partial charge is 0.00581 e. The first-order valence-electron chi connectivity index (χ1n) is 1.45. The van der Waals surface area contributed by atoms with Gasteiger partial charge in [-0.2, -0.15) is 0 Å². The zero-order valence-corrected chi connectivity index (χ0v) is 6.52. The molecule has 0 aliphatic rings. The highest BCUT2D eigenvalue weighted by molar-refractivity contribution is 8.29. The molecule has 0 fully saturated rings. The third kappa shape index (κ3) is 1.59. The first kappa shape index (κ1) is 5.08. The van der Waals surface area contributed by atoms with Gasteiger partial charge < -0.3 is 0 Å². The van der Waals surface area contributed by atoms with Gasteiger partial charge >= 0.3 is 0 Å². The monoisotopic (exact) mass is 150 g/mol. The Morgan fingerprint density at radius 3 is 1.50 bits per heavy atom. The Labute approximate surface area is 43.1 Å². The quantitative estimate of drug-likeness (QED) is 0.524. The van der Waals surface area contributed by atoms with Crippen LogP contribution in [0.3, 0.4) is 0 Å². The lowest BCUT2D eigenvalue weighted by atomic mass is 11.2. The van der Waals surface area contributed by atoms with Crippen LogP contribution in [0, 0.1) is 0 Å². The molecule has 0 spiro atoms. The average molecular weight is 150 g/mol. The minimum absolute atomic E-state index is 1.47. The molecule has 1 aromatic heterocycles. The predicted molar refractivity (Wildman–Crippen MR) is 36.5 cm³/mol. The summed E-state index contributed by atoms with van der Waals surface area (Å²) >= 11 is 0. The Morgan fingerprint density at radius 1 is 0.833 bits per heavy atom. The van der Waals surface area contributed by atoms with E-state index in [4.69, 9.17) is 0 Å². The van der Waals surface area contributed by atoms with Gasteiger partial charge in [-0.05, 0) is 42.4 Å². The van der Waals surface area contributed by atoms with Crippen molar-refractivity contribution in [2.24, 2.45) is 0 Å². The van der Waals surface area contributed by atoms with Crippen molar-refractivity contribution < 1.29 is 0 Å². The first-order valence-corrected chi connectivity index (χ1v) is 7.28. The molecule has 1 aromatic rings. The van der Waals surface area contributed by atoms with Crippen molar-refractivity contribution >= 4 is 30.8 Å². The Kier molecular flexibility index (Phi) is 2.55. The van der Waals surface area contributed by atoms with Crippen molar-refractivity contribution in [3.8, 4) is 0 Å². The second-order valence-corrected chi connectivity index (χ2v) is 7.80. The van der Waals surface area contributed by atoms with Crippen LogP contribution in [0.4, 0.5) is 0 Å². The highest BCUT2D eigenvalue weighted by Crippen LogP contribution is 2.35. The van der Waals surface area contributed by atoms with Gasteiger partial charge in [0, 0.05) is 0 Å². The molecule has 0 saturated heterocycles. The maximum Gasteiger partial charge on any atom is -0.00581 e. The number of rotatable bonds is 0. The lowest BCUT2D eigenvalue weighted by molar-refractivity contribution is 2.38. The fourth-order valence-electron chi connectivity index (χ4n) is 0.165. The van der Waals surface area contributed by atoms with E-state index in [2.05, 4.69) is 11.6 Å². The van der Waals surface area contributed by atoms with Crippen molar-refractivity contribution in [1.29, 1.82) is 0 Å². The van der Waals surface area contributed by atoms with Gasteiger partial charge in [0.2, 0.25) is 0 Å². The SMILES string of the molecule is c1cpppp1. The molecule has 1 heterocycles. The van der Waals surface area contributed by atoms with E-state index in [0.29, 0.717) is 0 Å². The maximum atomic E-state index is 2.21. The normalized spacial score (nSPS) is 13.3. The maximum absolute atomic E-state index is 2.21. The van der Waals surface area contributed by atoms with Gasteiger partial charge in [-0.1, -0.05) is 0 Å². The van der Waals surface area contributed by atoms with Gasteiger partial charge in [0.15, 0.2) is 0 Å². The van der Waals surface area contributed by atoms with Crippen molar-refractivity contribution in [3.05, 3.63) is 11.6 Å². The van der Waals surface area contributed by atoms with Crippen LogP contribution in [0.15, 0.2) is 11.6 Å². The second kappa shape index (κ2) is 3.01. The molecule has 4 heteroatoms. The van der Waals surface area contributed by atoms with Gasteiger partial charge in [0.25, 0.3) is 0 Å². The molecule has 0 aromatic carbocycles. The van der Waals surface area contributed by atoms with E-state index in [1.54, 1.807) is 15.1 Å². The molecule has 0 atom stereocenters. The molecular weight excluding hydrogens is 148 g/mol. The van der Waals surface area contributed by atoms with Crippen LogP contribution < -0.4 is 0 Å². The van der Waals surface area contributed by atoms with Crippen molar-refractivity contribution in [3.63, 3.8) is 0 Å². The van der Waals surface area contributed by atoms with E-state index in [-0.39, 0.29) is 0 Å². The molecule has 0 aliphatic heterocycles. The molecule has 6 heavy (non-hydrogen) atoms. The van der Waals surface area contributed by atoms with Gasteiger partial charge in [-0.3, -0.25) is 0 Å². The van der Waals surface area contributed by atoms with E-state index in [9.17, 15) is 0 Å². The third-order valence-corrected chi connectivity index (χ3v) is 7.83. The fourth-order valence-corrected chi connectivity index (χ4v) is 6.96. The summed E-state index contributed by atoms with van der Waals surface area (Å²) in [5.41, 5.74) is 0. The molecule has 0 aliphatic carbocycles. The molecule has 0 radical (unpaired) electrons. The van der Waals surface area contributed by atoms with E-state index in [1.165, 1.54) is 15.7 Å². The van der Waals surface area contributed by atoms with Crippen molar-refractivity contribution in [2.75, 3.05) is 0 Å². The Morgan fingerprint density at radius 2 is 1.33 bits per heavy atom. The summed E-state index contributed by atoms with van der Waals surface area (Å²) in [4.78, 5) is 0. The first-order chi connectivity index (χ1) is 3.00. The average Bonchev–Trinajstić information content (AvgIpc) is 1.72. The standard InChI is InChI=1S/C2H2P4/c1-2-4-6-5-3-1/h1-2H. The van der Waals surface area contributed by atoms with Gasteiger partial charge in [-0.25, -0.2) is 0 Å². The number of hydrogen-bond donors (Lipinski definition) is 0. The molecular formula is C2H2P4. The molecule has 0 saturated carbocycles. The highest BCUT2D eigenvalue weighted by Gasteiger charge is 1.61. The van der Waals surface area contributed by atoms with E-state index in [1.807, 2.05) is 0 Å². The summed E-state index contributed by atoms with van der Waals surface area (Å²) in [7, 11) is 6.03. The van der Waals surface area contributed by atoms with E-state index in [0.717, 1.165) is 0 Å². The molecule has 0 amide bonds. The zero-order valence-electron chi connectivity index (χ0n) is 2.94. The van der Waals surface area contributed by atoms with E-state index < -0.39 is 0 Å². The minimum atomic E-state index is 1.47. The van der Waals surface area contributed by atoms with Gasteiger partial charge in [-0.15, -0.1) is 0 Å². The molecule has 0 N–H and O–H groups in total. The largest absolute Gasteiger partial charge is 0.0377 e. The molecule has 0 unspecified atom stereocenters. The lowest BCUT2D eigenvalue weighted by Gasteiger charge is -1.65. The van der Waals surface area contributed by atoms with Crippen molar-refractivity contribution in [2.45, 2.75) is 0 Å². The zero-order chi connectivity index (χ0) is 4.24. The summed E-state index contributed by atoms with van der Waals surface area (Å²) in [5, 5.41) is 0. The Bertz CT molecular complexity index is 77.5. The van der Waals surface area contributed by atoms with Gasteiger partial charge in [0.05, 0.1) is 0 Å². The minimum Gasteiger partial charge on any atom is -0.0377 e. The van der Waals surface area contributed by atoms with Crippen LogP contribution in [-0.4, -0.2) is 0 Å². The highest BCUT2D eigenvalue weighted by atomic mass is 32.3. The molecule has 0 bridgehead atoms. The Balaban J connectivity index is 3.00. The molecule has 30 valence electrons. The van der Waals surface area contributed by atoms with Crippen LogP contribution in [-0.2, 0) is 0 Å². The molecule has 1 rings (SSSR count). The second-order valence-electron chi connectivity index (χ2n) is 0.708. The van der Waals surface area contributed by atoms with Crippen LogP contribution in [0.1, 0.15) is 0 Å². The van der Waals surface area contributed by atoms with Crippen LogP contribution >= 0.6 is 30.8 Å². The lowest BCUT2D eigenvalue weighted by Crippen LogP contribution is -1.13. The Hall–Kier alpha value is 0.940. The van der Waals surface area contributed by atoms with Crippen molar-refractivity contribution in [1.82, 2.24) is 0 Å². The fraction of sp³-hybridized carbons (Fsp3) is 0. The topological polar surface area (TPSA) is 0 Å². The summed E-state index contributed by atoms with van der Waals surface area (Å²) in [6.07, 6.45) is 0. The summed E-state index contributed by atoms with van der Waals surface area (Å²) < 4.78 is 0. The molecule has 0 nitrogen and oxygen atoms in total. The van der Waals surface area contributed by atoms with Crippen LogP contribution in [0.2, 0.25) is 0 Å². The summed E-state index contributed by atoms with van der Waals surface area (Å²) in [6.45, 7) is 0. The summed E-state index contributed by atoms with van der Waals surface area (Å²) in [5.74, 6) is 4.42. The summed E-state index contributed by atoms with van der Waals surface area (Å²) in [6, 6.07) is 0. The van der Waals surface area contributed by atoms with Gasteiger partial charge in [0.1, 0.15) is 0 Å². The predicted octanol–water partition coefficient (Wildman–Crippen LogP) is 4.01. The van der Waals surface area contributed by atoms with Crippen LogP contribution in [0.5, 0.6) is 0 Å². The van der Waals surface area contributed by atoms with E-state index >= 15 is 0 Å². The third-order valence-electron chi connectivity index (χ3n) is 0.343.